The van der Waals surface area contributed by atoms with Crippen molar-refractivity contribution in [2.75, 3.05) is 19.7 Å². The number of alkyl halides is 3. The predicted octanol–water partition coefficient (Wildman–Crippen LogP) is 2.38. The molecule has 1 atom stereocenters. The Morgan fingerprint density at radius 3 is 2.74 bits per heavy atom. The Balaban J connectivity index is 2.05. The molecular formula is C18H23F3N4O5S. The largest absolute Gasteiger partial charge is 0.492 e. The Hall–Kier alpha value is -2.41. The maximum atomic E-state index is 12.5. The van der Waals surface area contributed by atoms with Gasteiger partial charge in [-0.1, -0.05) is 17.0 Å². The Morgan fingerprint density at radius 1 is 1.35 bits per heavy atom. The van der Waals surface area contributed by atoms with E-state index in [1.54, 1.807) is 19.2 Å². The molecule has 1 aromatic rings. The standard InChI is InChI=1S/C18H23F3N4O5S/c1-3-29-16(27)5-4-7-24-11-14(22-23-24)9-13-10-25(30-17(28)18(19,20)21)8-6-15(13)31-12(2)26/h9,11,15H,3-8,10H2,1-2H3/b13-9+. The molecule has 0 aromatic carbocycles. The van der Waals surface area contributed by atoms with Crippen molar-refractivity contribution < 1.29 is 37.1 Å². The summed E-state index contributed by atoms with van der Waals surface area (Å²) in [5.74, 6) is -2.60. The molecule has 31 heavy (non-hydrogen) atoms. The molecular weight excluding hydrogens is 441 g/mol. The van der Waals surface area contributed by atoms with Gasteiger partial charge in [-0.3, -0.25) is 14.3 Å². The first-order valence-electron chi connectivity index (χ1n) is 9.56. The van der Waals surface area contributed by atoms with Crippen LogP contribution in [0.15, 0.2) is 11.8 Å². The molecule has 1 saturated heterocycles. The molecule has 1 aliphatic rings. The number of rotatable bonds is 8. The van der Waals surface area contributed by atoms with Crippen LogP contribution in [0.5, 0.6) is 0 Å². The molecule has 0 saturated carbocycles. The number of hydrogen-bond acceptors (Lipinski definition) is 9. The molecule has 0 bridgehead atoms. The predicted molar refractivity (Wildman–Crippen MR) is 104 cm³/mol. The molecule has 1 aliphatic heterocycles. The van der Waals surface area contributed by atoms with Gasteiger partial charge in [0.25, 0.3) is 0 Å². The number of hydrogen-bond donors (Lipinski definition) is 0. The van der Waals surface area contributed by atoms with Crippen molar-refractivity contribution in [1.82, 2.24) is 20.1 Å². The third kappa shape index (κ3) is 8.32. The molecule has 1 fully saturated rings. The second-order valence-corrected chi connectivity index (χ2v) is 8.04. The highest BCUT2D eigenvalue weighted by atomic mass is 32.2. The molecule has 1 unspecified atom stereocenters. The zero-order valence-corrected chi connectivity index (χ0v) is 17.9. The summed E-state index contributed by atoms with van der Waals surface area (Å²) < 4.78 is 43.8. The smallest absolute Gasteiger partial charge is 0.466 e. The summed E-state index contributed by atoms with van der Waals surface area (Å²) in [4.78, 5) is 38.5. The van der Waals surface area contributed by atoms with Gasteiger partial charge >= 0.3 is 18.1 Å². The number of ether oxygens (including phenoxy) is 1. The van der Waals surface area contributed by atoms with Crippen LogP contribution < -0.4 is 0 Å². The first-order chi connectivity index (χ1) is 14.6. The van der Waals surface area contributed by atoms with Crippen molar-refractivity contribution >= 4 is 34.9 Å². The fourth-order valence-electron chi connectivity index (χ4n) is 2.85. The third-order valence-electron chi connectivity index (χ3n) is 4.13. The summed E-state index contributed by atoms with van der Waals surface area (Å²) in [5, 5.41) is 8.46. The molecule has 0 amide bonds. The SMILES string of the molecule is CCOC(=O)CCCn1cc(/C=C2\CN(OC(=O)C(F)(F)F)CCC2SC(C)=O)nn1. The van der Waals surface area contributed by atoms with E-state index in [4.69, 9.17) is 4.74 Å². The van der Waals surface area contributed by atoms with Crippen LogP contribution in [-0.4, -0.2) is 68.2 Å². The number of piperidine rings is 1. The van der Waals surface area contributed by atoms with E-state index in [-0.39, 0.29) is 35.8 Å². The van der Waals surface area contributed by atoms with Gasteiger partial charge in [-0.2, -0.15) is 13.2 Å². The lowest BCUT2D eigenvalue weighted by atomic mass is 10.0. The van der Waals surface area contributed by atoms with E-state index in [1.807, 2.05) is 0 Å². The number of esters is 1. The summed E-state index contributed by atoms with van der Waals surface area (Å²) in [6.07, 6.45) is -0.809. The topological polar surface area (TPSA) is 104 Å². The summed E-state index contributed by atoms with van der Waals surface area (Å²) in [6.45, 7) is 3.83. The number of nitrogens with zero attached hydrogens (tertiary/aromatic N) is 4. The molecule has 0 radical (unpaired) electrons. The van der Waals surface area contributed by atoms with E-state index in [2.05, 4.69) is 15.1 Å². The maximum Gasteiger partial charge on any atom is 0.492 e. The van der Waals surface area contributed by atoms with Gasteiger partial charge in [-0.25, -0.2) is 4.79 Å². The van der Waals surface area contributed by atoms with Crippen molar-refractivity contribution in [1.29, 1.82) is 0 Å². The van der Waals surface area contributed by atoms with E-state index in [0.717, 1.165) is 16.8 Å². The van der Waals surface area contributed by atoms with Crippen LogP contribution in [0.25, 0.3) is 6.08 Å². The fourth-order valence-corrected chi connectivity index (χ4v) is 3.77. The van der Waals surface area contributed by atoms with E-state index in [9.17, 15) is 27.6 Å². The van der Waals surface area contributed by atoms with Crippen molar-refractivity contribution in [2.45, 2.75) is 51.1 Å². The first kappa shape index (κ1) is 24.9. The molecule has 1 aromatic heterocycles. The van der Waals surface area contributed by atoms with Crippen LogP contribution in [0.4, 0.5) is 13.2 Å². The van der Waals surface area contributed by atoms with Gasteiger partial charge in [0.2, 0.25) is 0 Å². The number of aromatic nitrogens is 3. The lowest BCUT2D eigenvalue weighted by molar-refractivity contribution is -0.238. The minimum atomic E-state index is -5.10. The number of hydroxylamine groups is 2. The molecule has 172 valence electrons. The zero-order valence-electron chi connectivity index (χ0n) is 17.1. The van der Waals surface area contributed by atoms with Crippen LogP contribution in [0.1, 0.15) is 38.8 Å². The lowest BCUT2D eigenvalue weighted by Gasteiger charge is -2.32. The molecule has 2 heterocycles. The Morgan fingerprint density at radius 2 is 2.10 bits per heavy atom. The van der Waals surface area contributed by atoms with Gasteiger partial charge in [0.05, 0.1) is 19.3 Å². The molecule has 0 aliphatic carbocycles. The Bertz CT molecular complexity index is 827. The van der Waals surface area contributed by atoms with E-state index < -0.39 is 12.1 Å². The van der Waals surface area contributed by atoms with Gasteiger partial charge < -0.3 is 9.57 Å². The van der Waals surface area contributed by atoms with Crippen molar-refractivity contribution in [3.63, 3.8) is 0 Å². The Kier molecular flexibility index (Phi) is 9.04. The second-order valence-electron chi connectivity index (χ2n) is 6.66. The average Bonchev–Trinajstić information content (AvgIpc) is 3.10. The lowest BCUT2D eigenvalue weighted by Crippen LogP contribution is -2.41. The minimum Gasteiger partial charge on any atom is -0.466 e. The second kappa shape index (κ2) is 11.3. The van der Waals surface area contributed by atoms with Crippen LogP contribution >= 0.6 is 11.8 Å². The summed E-state index contributed by atoms with van der Waals surface area (Å²) >= 11 is 1.05. The maximum absolute atomic E-state index is 12.5. The van der Waals surface area contributed by atoms with E-state index >= 15 is 0 Å². The fraction of sp³-hybridized carbons (Fsp3) is 0.611. The summed E-state index contributed by atoms with van der Waals surface area (Å²) in [6, 6.07) is 0. The number of aryl methyl sites for hydroxylation is 1. The van der Waals surface area contributed by atoms with Gasteiger partial charge in [0, 0.05) is 31.7 Å². The molecule has 2 rings (SSSR count). The van der Waals surface area contributed by atoms with E-state index in [0.29, 0.717) is 37.3 Å². The van der Waals surface area contributed by atoms with Gasteiger partial charge in [-0.15, -0.1) is 10.2 Å². The van der Waals surface area contributed by atoms with Crippen LogP contribution in [0, 0.1) is 0 Å². The number of halogens is 3. The summed E-state index contributed by atoms with van der Waals surface area (Å²) in [7, 11) is 0. The van der Waals surface area contributed by atoms with Crippen molar-refractivity contribution in [3.8, 4) is 0 Å². The van der Waals surface area contributed by atoms with E-state index in [1.165, 1.54) is 11.6 Å². The average molecular weight is 464 g/mol. The van der Waals surface area contributed by atoms with Crippen molar-refractivity contribution in [3.05, 3.63) is 17.5 Å². The number of thioether (sulfide) groups is 1. The molecule has 13 heteroatoms. The van der Waals surface area contributed by atoms with Gasteiger partial charge in [0.15, 0.2) is 5.12 Å². The van der Waals surface area contributed by atoms with Crippen LogP contribution in [-0.2, 0) is 30.5 Å². The molecule has 9 nitrogen and oxygen atoms in total. The van der Waals surface area contributed by atoms with Crippen LogP contribution in [0.3, 0.4) is 0 Å². The van der Waals surface area contributed by atoms with Crippen molar-refractivity contribution in [2.24, 2.45) is 0 Å². The highest BCUT2D eigenvalue weighted by Gasteiger charge is 2.43. The monoisotopic (exact) mass is 464 g/mol. The quantitative estimate of drug-likeness (QED) is 0.537. The minimum absolute atomic E-state index is 0.0602. The highest BCUT2D eigenvalue weighted by Crippen LogP contribution is 2.30. The van der Waals surface area contributed by atoms with Gasteiger partial charge in [-0.05, 0) is 31.4 Å². The Labute approximate surface area is 180 Å². The first-order valence-corrected chi connectivity index (χ1v) is 10.4. The molecule has 0 spiro atoms. The highest BCUT2D eigenvalue weighted by molar-refractivity contribution is 8.14. The number of carbonyl (C=O) groups is 3. The molecule has 0 N–H and O–H groups in total. The normalized spacial score (nSPS) is 18.7. The van der Waals surface area contributed by atoms with Gasteiger partial charge in [0.1, 0.15) is 5.69 Å². The summed E-state index contributed by atoms with van der Waals surface area (Å²) in [5.41, 5.74) is 1.02. The number of carbonyl (C=O) groups excluding carboxylic acids is 3. The third-order valence-corrected chi connectivity index (χ3v) is 5.28. The van der Waals surface area contributed by atoms with Crippen LogP contribution in [0.2, 0.25) is 0 Å². The zero-order chi connectivity index (χ0) is 23.0.